The maximum atomic E-state index is 14.1. The minimum Gasteiger partial charge on any atom is -0.277 e. The van der Waals surface area contributed by atoms with Crippen molar-refractivity contribution in [3.8, 4) is 34.3 Å². The molecule has 0 amide bonds. The van der Waals surface area contributed by atoms with Gasteiger partial charge >= 0.3 is 0 Å². The van der Waals surface area contributed by atoms with Crippen molar-refractivity contribution in [1.82, 2.24) is 18.3 Å². The predicted molar refractivity (Wildman–Crippen MR) is 360 cm³/mol. The number of nitrogens with zero attached hydrogens (tertiary/aromatic N) is 6. The molecule has 450 valence electrons. The molecular weight excluding hydrogens is 1140 g/mol. The molecule has 0 bridgehead atoms. The van der Waals surface area contributed by atoms with Gasteiger partial charge in [0, 0.05) is 7.05 Å². The molecule has 91 heavy (non-hydrogen) atoms. The van der Waals surface area contributed by atoms with Crippen molar-refractivity contribution in [2.75, 3.05) is 0 Å². The maximum absolute atomic E-state index is 14.1. The molecule has 1 aliphatic carbocycles. The summed E-state index contributed by atoms with van der Waals surface area (Å²) in [6.07, 6.45) is 13.0. The molecule has 4 heterocycles. The number of hydrogen-bond donors (Lipinski definition) is 0. The van der Waals surface area contributed by atoms with Gasteiger partial charge in [-0.1, -0.05) is 123 Å². The van der Waals surface area contributed by atoms with E-state index < -0.39 is 44.5 Å². The zero-order chi connectivity index (χ0) is 63.4. The zero-order valence-electron chi connectivity index (χ0n) is 50.9. The predicted octanol–water partition coefficient (Wildman–Crippen LogP) is 12.6. The Morgan fingerprint density at radius 2 is 0.901 bits per heavy atom. The molecule has 14 nitrogen and oxygen atoms in total. The highest BCUT2D eigenvalue weighted by atomic mass is 16.2. The fraction of sp³-hybridized carbons (Fsp3) is 0.247. The molecule has 0 atom stereocenters. The van der Waals surface area contributed by atoms with Crippen molar-refractivity contribution < 1.29 is 0 Å². The molecule has 0 radical (unpaired) electrons. The van der Waals surface area contributed by atoms with E-state index >= 15 is 0 Å². The van der Waals surface area contributed by atoms with E-state index in [-0.39, 0.29) is 43.1 Å². The third-order valence-corrected chi connectivity index (χ3v) is 19.1. The minimum atomic E-state index is -0.626. The quantitative estimate of drug-likeness (QED) is 0.0595. The molecule has 1 saturated carbocycles. The van der Waals surface area contributed by atoms with E-state index in [0.29, 0.717) is 59.9 Å². The fourth-order valence-electron chi connectivity index (χ4n) is 13.9. The molecule has 14 heteroatoms. The van der Waals surface area contributed by atoms with E-state index in [9.17, 15) is 43.6 Å². The van der Waals surface area contributed by atoms with Crippen LogP contribution in [0, 0.1) is 30.7 Å². The van der Waals surface area contributed by atoms with Gasteiger partial charge in [0.15, 0.2) is 5.69 Å². The van der Waals surface area contributed by atoms with E-state index in [1.165, 1.54) is 63.4 Å². The number of aromatic nitrogens is 4. The second-order valence-corrected chi connectivity index (χ2v) is 24.8. The number of benzene rings is 8. The van der Waals surface area contributed by atoms with Crippen LogP contribution in [-0.4, -0.2) is 18.3 Å². The third-order valence-electron chi connectivity index (χ3n) is 19.1. The smallest absolute Gasteiger partial charge is 0.266 e. The van der Waals surface area contributed by atoms with Gasteiger partial charge < -0.3 is 0 Å². The van der Waals surface area contributed by atoms with Crippen LogP contribution in [0.3, 0.4) is 0 Å². The van der Waals surface area contributed by atoms with Crippen molar-refractivity contribution in [1.29, 1.82) is 5.26 Å². The second kappa shape index (κ2) is 24.4. The highest BCUT2D eigenvalue weighted by Gasteiger charge is 2.26. The number of unbranched alkanes of at least 4 members (excludes halogenated alkanes) is 3. The Kier molecular flexibility index (Phi) is 15.9. The molecule has 0 unspecified atom stereocenters. The summed E-state index contributed by atoms with van der Waals surface area (Å²) >= 11 is 0. The topological polar surface area (TPSA) is 184 Å². The highest BCUT2D eigenvalue weighted by molar-refractivity contribution is 5.99. The largest absolute Gasteiger partial charge is 0.277 e. The van der Waals surface area contributed by atoms with Crippen molar-refractivity contribution in [3.63, 3.8) is 0 Å². The molecule has 0 N–H and O–H groups in total. The lowest BCUT2D eigenvalue weighted by atomic mass is 9.76. The van der Waals surface area contributed by atoms with Crippen molar-refractivity contribution >= 4 is 48.8 Å². The van der Waals surface area contributed by atoms with E-state index in [1.54, 1.807) is 30.3 Å². The second-order valence-electron chi connectivity index (χ2n) is 24.8. The van der Waals surface area contributed by atoms with Crippen molar-refractivity contribution in [2.24, 2.45) is 13.0 Å². The van der Waals surface area contributed by atoms with Gasteiger partial charge in [-0.15, -0.1) is 0 Å². The number of hydrogen-bond acceptors (Lipinski definition) is 9. The van der Waals surface area contributed by atoms with E-state index in [4.69, 9.17) is 6.57 Å². The van der Waals surface area contributed by atoms with Gasteiger partial charge in [0.1, 0.15) is 0 Å². The molecule has 0 spiro atoms. The first-order chi connectivity index (χ1) is 44.1. The Hall–Kier alpha value is -10.7. The zero-order valence-corrected chi connectivity index (χ0v) is 50.9. The first kappa shape index (κ1) is 59.3. The lowest BCUT2D eigenvalue weighted by Crippen LogP contribution is -2.24. The lowest BCUT2D eigenvalue weighted by molar-refractivity contribution is 0.304. The van der Waals surface area contributed by atoms with Gasteiger partial charge in [-0.05, 0) is 199 Å². The van der Waals surface area contributed by atoms with E-state index in [2.05, 4.69) is 42.1 Å². The van der Waals surface area contributed by atoms with Crippen LogP contribution in [0.15, 0.2) is 190 Å². The fourth-order valence-corrected chi connectivity index (χ4v) is 13.9. The SMILES string of the molecule is [C-]#[N+]c1cc(-c2ccc(C3CCC(CCCC)CC3)c(C#N)c2)ccc1CCCCCc1cc(-n2c(=O)c3cc4c(=O)n(C)c(=O)c4cc3c2=O)ccc1Cc1ccc(-n2c(=O)c3cc4c(=O)n(-c5ccc(Cc6ccc(C)cc6)cc5)c(=O)c4cc3c2=O)cc1. The normalized spacial score (nSPS) is 14.3. The van der Waals surface area contributed by atoms with Crippen LogP contribution in [0.5, 0.6) is 0 Å². The first-order valence-corrected chi connectivity index (χ1v) is 31.4. The van der Waals surface area contributed by atoms with Crippen LogP contribution in [0.2, 0.25) is 0 Å². The van der Waals surface area contributed by atoms with Gasteiger partial charge in [-0.2, -0.15) is 5.26 Å². The van der Waals surface area contributed by atoms with Crippen LogP contribution in [0.1, 0.15) is 127 Å². The number of aryl methyl sites for hydroxylation is 3. The standard InChI is InChI=1S/C77H64N6O8/c1-5-6-10-46-17-23-50(24-18-46)60-34-28-54(37-56(60)44-78)55-26-25-51(69(39-55)79-3)11-8-7-9-12-52-38-59(83-76(90)63-40-61-62(41-64(63)77(83)91)71(85)80(4)70(61)84)33-27-53(52)36-49-21-31-58(32-22-49)82-74(88)67-42-65-66(43-68(67)75(82)89)73(87)81(72(65)86)57-29-19-48(20-30-57)35-47-15-13-45(2)14-16-47/h13-16,19-22,25-34,37-43,46,50H,5-12,17-18,23-24,35-36H2,1-2,4H3. The summed E-state index contributed by atoms with van der Waals surface area (Å²) in [7, 11) is 1.35. The molecule has 1 fully saturated rings. The minimum absolute atomic E-state index is 0.0210. The third kappa shape index (κ3) is 10.9. The number of nitriles is 1. The van der Waals surface area contributed by atoms with Gasteiger partial charge in [-0.3, -0.25) is 42.9 Å². The highest BCUT2D eigenvalue weighted by Crippen LogP contribution is 2.40. The van der Waals surface area contributed by atoms with E-state index in [1.807, 2.05) is 79.7 Å². The van der Waals surface area contributed by atoms with Crippen LogP contribution >= 0.6 is 0 Å². The summed E-state index contributed by atoms with van der Waals surface area (Å²) in [5.74, 6) is 1.16. The van der Waals surface area contributed by atoms with Gasteiger partial charge in [-0.25, -0.2) is 18.5 Å². The maximum Gasteiger partial charge on any atom is 0.266 e. The number of rotatable bonds is 18. The Balaban J connectivity index is 0.742. The summed E-state index contributed by atoms with van der Waals surface area (Å²) in [6.45, 7) is 12.4. The first-order valence-electron chi connectivity index (χ1n) is 31.4. The summed E-state index contributed by atoms with van der Waals surface area (Å²) in [6, 6.07) is 47.8. The molecule has 1 aliphatic rings. The Labute approximate surface area is 522 Å². The Bertz CT molecular complexity index is 5280. The molecule has 8 aromatic carbocycles. The summed E-state index contributed by atoms with van der Waals surface area (Å²) in [5, 5.41) is 10.6. The molecular formula is C77H64N6O8. The van der Waals surface area contributed by atoms with Crippen molar-refractivity contribution in [2.45, 2.75) is 110 Å². The number of fused-ring (bicyclic) bond motifs is 4. The summed E-state index contributed by atoms with van der Waals surface area (Å²) in [5.41, 5.74) is 7.28. The monoisotopic (exact) mass is 1200 g/mol. The Morgan fingerprint density at radius 1 is 0.462 bits per heavy atom. The molecule has 12 aromatic rings. The average molecular weight is 1200 g/mol. The molecule has 0 saturated heterocycles. The Morgan fingerprint density at radius 3 is 1.41 bits per heavy atom. The molecule has 4 aromatic heterocycles. The van der Waals surface area contributed by atoms with Crippen LogP contribution < -0.4 is 44.5 Å². The van der Waals surface area contributed by atoms with Gasteiger partial charge in [0.2, 0.25) is 0 Å². The van der Waals surface area contributed by atoms with Crippen LogP contribution in [-0.2, 0) is 32.7 Å². The molecule has 0 aliphatic heterocycles. The van der Waals surface area contributed by atoms with Crippen LogP contribution in [0.4, 0.5) is 5.69 Å². The van der Waals surface area contributed by atoms with Crippen LogP contribution in [0.25, 0.3) is 76.1 Å². The van der Waals surface area contributed by atoms with Gasteiger partial charge in [0.25, 0.3) is 44.5 Å². The van der Waals surface area contributed by atoms with Gasteiger partial charge in [0.05, 0.1) is 78.4 Å². The van der Waals surface area contributed by atoms with Crippen molar-refractivity contribution in [3.05, 3.63) is 296 Å². The summed E-state index contributed by atoms with van der Waals surface area (Å²) in [4.78, 5) is 114. The lowest BCUT2D eigenvalue weighted by Gasteiger charge is -2.29. The van der Waals surface area contributed by atoms with E-state index in [0.717, 1.165) is 112 Å². The molecule has 13 rings (SSSR count). The average Bonchev–Trinajstić information content (AvgIpc) is 1.59. The summed E-state index contributed by atoms with van der Waals surface area (Å²) < 4.78 is 4.16.